The van der Waals surface area contributed by atoms with Crippen molar-refractivity contribution in [3.8, 4) is 5.75 Å². The van der Waals surface area contributed by atoms with Crippen molar-refractivity contribution in [3.63, 3.8) is 0 Å². The normalized spacial score (nSPS) is 12.4. The molecule has 0 aliphatic heterocycles. The number of ether oxygens (including phenoxy) is 1. The molecular weight excluding hydrogens is 560 g/mol. The number of amides is 2. The number of aromatic nitrogens is 1. The second-order valence-corrected chi connectivity index (χ2v) is 11.5. The van der Waals surface area contributed by atoms with Gasteiger partial charge in [0.15, 0.2) is 0 Å². The number of hydrogen-bond acceptors (Lipinski definition) is 7. The van der Waals surface area contributed by atoms with E-state index < -0.39 is 12.1 Å². The van der Waals surface area contributed by atoms with E-state index in [1.165, 1.54) is 11.3 Å². The average molecular weight is 601 g/mol. The van der Waals surface area contributed by atoms with Gasteiger partial charge in [-0.3, -0.25) is 9.59 Å². The lowest BCUT2D eigenvalue weighted by Gasteiger charge is -2.25. The van der Waals surface area contributed by atoms with E-state index in [0.29, 0.717) is 37.2 Å². The number of nitrogens with one attached hydrogen (secondary N) is 2. The summed E-state index contributed by atoms with van der Waals surface area (Å²) in [7, 11) is 1.63. The molecule has 0 aliphatic carbocycles. The Kier molecular flexibility index (Phi) is 11.8. The van der Waals surface area contributed by atoms with Crippen molar-refractivity contribution in [1.82, 2.24) is 20.5 Å². The lowest BCUT2D eigenvalue weighted by molar-refractivity contribution is 0.0743. The van der Waals surface area contributed by atoms with E-state index in [2.05, 4.69) is 15.6 Å². The van der Waals surface area contributed by atoms with Crippen LogP contribution in [0.25, 0.3) is 0 Å². The van der Waals surface area contributed by atoms with Crippen LogP contribution >= 0.6 is 11.3 Å². The molecule has 9 heteroatoms. The standard InChI is InChI=1S/C34H40N4O4S/c1-4-16-38(22-32-36-24(2)23-43-32)34(41)28-14-9-13-27(19-28)33(40)37-30(18-25-10-6-5-7-11-25)31(39)21-35-20-26-12-8-15-29(17-26)42-3/h5-15,17,19,23,30-31,35,39H,4,16,18,20-22H2,1-3H3,(H,37,40)/t30-,31+/m0/s1. The molecule has 43 heavy (non-hydrogen) atoms. The van der Waals surface area contributed by atoms with Gasteiger partial charge in [-0.05, 0) is 61.2 Å². The first-order valence-corrected chi connectivity index (χ1v) is 15.4. The molecule has 4 rings (SSSR count). The minimum Gasteiger partial charge on any atom is -0.497 e. The highest BCUT2D eigenvalue weighted by Crippen LogP contribution is 2.17. The van der Waals surface area contributed by atoms with Gasteiger partial charge in [0.1, 0.15) is 10.8 Å². The van der Waals surface area contributed by atoms with Crippen LogP contribution in [0.3, 0.4) is 0 Å². The predicted octanol–water partition coefficient (Wildman–Crippen LogP) is 5.00. The van der Waals surface area contributed by atoms with Gasteiger partial charge >= 0.3 is 0 Å². The van der Waals surface area contributed by atoms with Gasteiger partial charge in [0, 0.05) is 41.8 Å². The van der Waals surface area contributed by atoms with E-state index in [0.717, 1.165) is 34.0 Å². The van der Waals surface area contributed by atoms with Gasteiger partial charge in [-0.15, -0.1) is 11.3 Å². The first-order chi connectivity index (χ1) is 20.9. The monoisotopic (exact) mass is 600 g/mol. The van der Waals surface area contributed by atoms with Crippen molar-refractivity contribution in [3.05, 3.63) is 117 Å². The van der Waals surface area contributed by atoms with Crippen molar-refractivity contribution >= 4 is 23.2 Å². The van der Waals surface area contributed by atoms with Gasteiger partial charge in [0.2, 0.25) is 0 Å². The molecule has 0 spiro atoms. The molecule has 0 bridgehead atoms. The fourth-order valence-electron chi connectivity index (χ4n) is 4.83. The van der Waals surface area contributed by atoms with Crippen molar-refractivity contribution in [2.45, 2.75) is 51.9 Å². The lowest BCUT2D eigenvalue weighted by Crippen LogP contribution is -2.48. The number of methoxy groups -OCH3 is 1. The zero-order valence-electron chi connectivity index (χ0n) is 25.0. The summed E-state index contributed by atoms with van der Waals surface area (Å²) in [5.41, 5.74) is 3.76. The van der Waals surface area contributed by atoms with Gasteiger partial charge in [-0.1, -0.05) is 55.5 Å². The Morgan fingerprint density at radius 3 is 2.47 bits per heavy atom. The van der Waals surface area contributed by atoms with E-state index >= 15 is 0 Å². The molecule has 1 aromatic heterocycles. The summed E-state index contributed by atoms with van der Waals surface area (Å²) in [5.74, 6) is 0.276. The summed E-state index contributed by atoms with van der Waals surface area (Å²) in [5, 5.41) is 20.4. The average Bonchev–Trinajstić information content (AvgIpc) is 3.45. The maximum Gasteiger partial charge on any atom is 0.254 e. The van der Waals surface area contributed by atoms with Crippen LogP contribution in [-0.4, -0.2) is 59.1 Å². The number of aliphatic hydroxyl groups excluding tert-OH is 1. The molecule has 0 aliphatic rings. The van der Waals surface area contributed by atoms with Gasteiger partial charge in [-0.25, -0.2) is 4.98 Å². The molecule has 2 amide bonds. The maximum atomic E-state index is 13.5. The topological polar surface area (TPSA) is 104 Å². The number of thiazole rings is 1. The Bertz CT molecular complexity index is 1480. The van der Waals surface area contributed by atoms with Crippen LogP contribution in [0.15, 0.2) is 84.2 Å². The molecule has 0 unspecified atom stereocenters. The number of carbonyl (C=O) groups excluding carboxylic acids is 2. The first-order valence-electron chi connectivity index (χ1n) is 14.5. The smallest absolute Gasteiger partial charge is 0.254 e. The Labute approximate surface area is 257 Å². The van der Waals surface area contributed by atoms with Crippen molar-refractivity contribution in [1.29, 1.82) is 0 Å². The largest absolute Gasteiger partial charge is 0.497 e. The van der Waals surface area contributed by atoms with Crippen LogP contribution in [0.4, 0.5) is 0 Å². The third-order valence-electron chi connectivity index (χ3n) is 7.04. The molecule has 4 aromatic rings. The third-order valence-corrected chi connectivity index (χ3v) is 7.99. The van der Waals surface area contributed by atoms with Crippen LogP contribution < -0.4 is 15.4 Å². The highest BCUT2D eigenvalue weighted by atomic mass is 32.1. The highest BCUT2D eigenvalue weighted by molar-refractivity contribution is 7.09. The molecule has 8 nitrogen and oxygen atoms in total. The zero-order valence-corrected chi connectivity index (χ0v) is 25.8. The van der Waals surface area contributed by atoms with Gasteiger partial charge < -0.3 is 25.4 Å². The first kappa shape index (κ1) is 31.9. The summed E-state index contributed by atoms with van der Waals surface area (Å²) in [6.45, 7) is 5.79. The van der Waals surface area contributed by atoms with Crippen LogP contribution in [0.5, 0.6) is 5.75 Å². The second-order valence-electron chi connectivity index (χ2n) is 10.5. The molecule has 226 valence electrons. The summed E-state index contributed by atoms with van der Waals surface area (Å²) >= 11 is 1.54. The summed E-state index contributed by atoms with van der Waals surface area (Å²) in [6.07, 6.45) is 0.396. The van der Waals surface area contributed by atoms with Crippen molar-refractivity contribution < 1.29 is 19.4 Å². The number of carbonyl (C=O) groups is 2. The third kappa shape index (κ3) is 9.47. The molecule has 3 aromatic carbocycles. The summed E-state index contributed by atoms with van der Waals surface area (Å²) in [4.78, 5) is 33.3. The van der Waals surface area contributed by atoms with E-state index in [1.54, 1.807) is 36.3 Å². The minimum absolute atomic E-state index is 0.146. The van der Waals surface area contributed by atoms with Crippen LogP contribution in [0.1, 0.15) is 55.9 Å². The predicted molar refractivity (Wildman–Crippen MR) is 170 cm³/mol. The van der Waals surface area contributed by atoms with Gasteiger partial charge in [-0.2, -0.15) is 0 Å². The molecule has 0 radical (unpaired) electrons. The van der Waals surface area contributed by atoms with Gasteiger partial charge in [0.25, 0.3) is 11.8 Å². The molecule has 1 heterocycles. The van der Waals surface area contributed by atoms with Gasteiger partial charge in [0.05, 0.1) is 25.8 Å². The SMILES string of the molecule is CCCN(Cc1nc(C)cs1)C(=O)c1cccc(C(=O)N[C@@H](Cc2ccccc2)[C@H](O)CNCc2cccc(OC)c2)c1. The maximum absolute atomic E-state index is 13.5. The Morgan fingerprint density at radius 1 is 1.00 bits per heavy atom. The van der Waals surface area contributed by atoms with E-state index in [4.69, 9.17) is 4.74 Å². The number of aliphatic hydroxyl groups is 1. The fourth-order valence-corrected chi connectivity index (χ4v) is 5.62. The molecule has 0 saturated carbocycles. The number of rotatable bonds is 15. The molecule has 2 atom stereocenters. The Hall–Kier alpha value is -4.05. The number of benzene rings is 3. The molecule has 0 saturated heterocycles. The van der Waals surface area contributed by atoms with Crippen LogP contribution in [-0.2, 0) is 19.5 Å². The number of nitrogens with zero attached hydrogens (tertiary/aromatic N) is 2. The van der Waals surface area contributed by atoms with Crippen LogP contribution in [0, 0.1) is 6.92 Å². The minimum atomic E-state index is -0.860. The highest BCUT2D eigenvalue weighted by Gasteiger charge is 2.24. The number of hydrogen-bond donors (Lipinski definition) is 3. The van der Waals surface area contributed by atoms with E-state index in [1.807, 2.05) is 73.8 Å². The van der Waals surface area contributed by atoms with E-state index in [9.17, 15) is 14.7 Å². The molecule has 3 N–H and O–H groups in total. The fraction of sp³-hybridized carbons (Fsp3) is 0.324. The Morgan fingerprint density at radius 2 is 1.74 bits per heavy atom. The number of aryl methyl sites for hydroxylation is 1. The second kappa shape index (κ2) is 16.0. The zero-order chi connectivity index (χ0) is 30.6. The van der Waals surface area contributed by atoms with Crippen molar-refractivity contribution in [2.24, 2.45) is 0 Å². The van der Waals surface area contributed by atoms with Crippen molar-refractivity contribution in [2.75, 3.05) is 20.2 Å². The summed E-state index contributed by atoms with van der Waals surface area (Å²) < 4.78 is 5.30. The molecular formula is C34H40N4O4S. The molecule has 0 fully saturated rings. The summed E-state index contributed by atoms with van der Waals surface area (Å²) in [6, 6.07) is 23.7. The Balaban J connectivity index is 1.45. The van der Waals surface area contributed by atoms with Crippen LogP contribution in [0.2, 0.25) is 0 Å². The lowest BCUT2D eigenvalue weighted by atomic mass is 10.00. The quantitative estimate of drug-likeness (QED) is 0.177. The van der Waals surface area contributed by atoms with E-state index in [-0.39, 0.29) is 18.4 Å².